The van der Waals surface area contributed by atoms with Crippen molar-refractivity contribution in [2.24, 2.45) is 5.73 Å². The van der Waals surface area contributed by atoms with Gasteiger partial charge < -0.3 is 10.5 Å². The third-order valence-electron chi connectivity index (χ3n) is 3.62. The van der Waals surface area contributed by atoms with Crippen LogP contribution in [0.5, 0.6) is 5.75 Å². The second kappa shape index (κ2) is 7.17. The van der Waals surface area contributed by atoms with Gasteiger partial charge >= 0.3 is 0 Å². The molecule has 0 amide bonds. The van der Waals surface area contributed by atoms with E-state index in [-0.39, 0.29) is 6.04 Å². The van der Waals surface area contributed by atoms with Gasteiger partial charge in [-0.15, -0.1) is 0 Å². The van der Waals surface area contributed by atoms with Crippen molar-refractivity contribution in [3.8, 4) is 5.75 Å². The van der Waals surface area contributed by atoms with Crippen LogP contribution >= 0.6 is 11.8 Å². The van der Waals surface area contributed by atoms with E-state index in [4.69, 9.17) is 10.5 Å². The van der Waals surface area contributed by atoms with Gasteiger partial charge in [0.1, 0.15) is 5.75 Å². The highest BCUT2D eigenvalue weighted by atomic mass is 32.2. The molecule has 1 aromatic carbocycles. The molecular formula is C15H24N2OS. The van der Waals surface area contributed by atoms with Crippen LogP contribution in [0.3, 0.4) is 0 Å². The number of para-hydroxylation sites is 1. The van der Waals surface area contributed by atoms with Crippen molar-refractivity contribution >= 4 is 11.8 Å². The summed E-state index contributed by atoms with van der Waals surface area (Å²) in [5.74, 6) is 3.36. The molecular weight excluding hydrogens is 256 g/mol. The molecule has 2 rings (SSSR count). The molecule has 2 atom stereocenters. The monoisotopic (exact) mass is 280 g/mol. The second-order valence-electron chi connectivity index (χ2n) is 4.88. The van der Waals surface area contributed by atoms with E-state index in [1.165, 1.54) is 17.1 Å². The quantitative estimate of drug-likeness (QED) is 0.899. The first-order valence-corrected chi connectivity index (χ1v) is 8.18. The average Bonchev–Trinajstić information content (AvgIpc) is 2.44. The molecule has 0 bridgehead atoms. The van der Waals surface area contributed by atoms with Crippen LogP contribution in [0, 0.1) is 0 Å². The Balaban J connectivity index is 2.25. The molecule has 2 unspecified atom stereocenters. The van der Waals surface area contributed by atoms with Gasteiger partial charge in [0.05, 0.1) is 12.6 Å². The minimum absolute atomic E-state index is 0.263. The summed E-state index contributed by atoms with van der Waals surface area (Å²) < 4.78 is 5.76. The number of hydrogen-bond acceptors (Lipinski definition) is 4. The van der Waals surface area contributed by atoms with Gasteiger partial charge in [0.25, 0.3) is 0 Å². The fraction of sp³-hybridized carbons (Fsp3) is 0.600. The summed E-state index contributed by atoms with van der Waals surface area (Å²) in [5.41, 5.74) is 7.29. The predicted molar refractivity (Wildman–Crippen MR) is 82.9 cm³/mol. The molecule has 0 aliphatic carbocycles. The van der Waals surface area contributed by atoms with Crippen molar-refractivity contribution < 1.29 is 4.74 Å². The number of nitrogens with zero attached hydrogens (tertiary/aromatic N) is 1. The normalized spacial score (nSPS) is 22.2. The number of thioether (sulfide) groups is 1. The zero-order chi connectivity index (χ0) is 13.7. The first-order valence-electron chi connectivity index (χ1n) is 7.03. The van der Waals surface area contributed by atoms with E-state index in [1.807, 2.05) is 30.8 Å². The largest absolute Gasteiger partial charge is 0.494 e. The number of benzene rings is 1. The van der Waals surface area contributed by atoms with Crippen molar-refractivity contribution in [3.05, 3.63) is 29.8 Å². The molecule has 0 saturated carbocycles. The SMILES string of the molecule is CCOc1ccccc1C(CN)N1CCSCC1C. The van der Waals surface area contributed by atoms with Gasteiger partial charge in [0.2, 0.25) is 0 Å². The van der Waals surface area contributed by atoms with Crippen LogP contribution in [0.4, 0.5) is 0 Å². The smallest absolute Gasteiger partial charge is 0.124 e. The van der Waals surface area contributed by atoms with E-state index in [0.717, 1.165) is 12.3 Å². The van der Waals surface area contributed by atoms with Gasteiger partial charge in [-0.05, 0) is 19.9 Å². The summed E-state index contributed by atoms with van der Waals surface area (Å²) in [6.07, 6.45) is 0. The van der Waals surface area contributed by atoms with Gasteiger partial charge in [-0.25, -0.2) is 0 Å². The maximum atomic E-state index is 6.06. The molecule has 1 aliphatic heterocycles. The Morgan fingerprint density at radius 2 is 2.26 bits per heavy atom. The van der Waals surface area contributed by atoms with Crippen molar-refractivity contribution in [1.29, 1.82) is 0 Å². The molecule has 1 heterocycles. The van der Waals surface area contributed by atoms with Crippen molar-refractivity contribution in [1.82, 2.24) is 4.90 Å². The van der Waals surface area contributed by atoms with Crippen LogP contribution in [0.15, 0.2) is 24.3 Å². The first kappa shape index (κ1) is 14.7. The van der Waals surface area contributed by atoms with Gasteiger partial charge in [0, 0.05) is 36.2 Å². The van der Waals surface area contributed by atoms with E-state index >= 15 is 0 Å². The van der Waals surface area contributed by atoms with Crippen LogP contribution < -0.4 is 10.5 Å². The van der Waals surface area contributed by atoms with E-state index in [0.29, 0.717) is 19.2 Å². The predicted octanol–water partition coefficient (Wildman–Crippen LogP) is 2.52. The summed E-state index contributed by atoms with van der Waals surface area (Å²) in [6.45, 7) is 6.75. The molecule has 0 radical (unpaired) electrons. The Bertz CT molecular complexity index is 399. The van der Waals surface area contributed by atoms with E-state index in [1.54, 1.807) is 0 Å². The van der Waals surface area contributed by atoms with Gasteiger partial charge in [0.15, 0.2) is 0 Å². The van der Waals surface area contributed by atoms with E-state index in [9.17, 15) is 0 Å². The van der Waals surface area contributed by atoms with Crippen LogP contribution in [-0.4, -0.2) is 42.1 Å². The zero-order valence-corrected chi connectivity index (χ0v) is 12.7. The fourth-order valence-corrected chi connectivity index (χ4v) is 3.73. The molecule has 19 heavy (non-hydrogen) atoms. The summed E-state index contributed by atoms with van der Waals surface area (Å²) in [5, 5.41) is 0. The molecule has 106 valence electrons. The zero-order valence-electron chi connectivity index (χ0n) is 11.8. The van der Waals surface area contributed by atoms with E-state index < -0.39 is 0 Å². The third kappa shape index (κ3) is 3.44. The molecule has 1 aromatic rings. The fourth-order valence-electron chi connectivity index (χ4n) is 2.69. The van der Waals surface area contributed by atoms with Gasteiger partial charge in [-0.1, -0.05) is 18.2 Å². The average molecular weight is 280 g/mol. The lowest BCUT2D eigenvalue weighted by atomic mass is 10.0. The minimum Gasteiger partial charge on any atom is -0.494 e. The van der Waals surface area contributed by atoms with Crippen LogP contribution in [-0.2, 0) is 0 Å². The lowest BCUT2D eigenvalue weighted by molar-refractivity contribution is 0.162. The highest BCUT2D eigenvalue weighted by molar-refractivity contribution is 7.99. The third-order valence-corrected chi connectivity index (χ3v) is 4.81. The summed E-state index contributed by atoms with van der Waals surface area (Å²) in [6, 6.07) is 9.13. The number of hydrogen-bond donors (Lipinski definition) is 1. The van der Waals surface area contributed by atoms with Crippen LogP contribution in [0.2, 0.25) is 0 Å². The van der Waals surface area contributed by atoms with E-state index in [2.05, 4.69) is 24.0 Å². The Hall–Kier alpha value is -0.710. The molecule has 3 nitrogen and oxygen atoms in total. The second-order valence-corrected chi connectivity index (χ2v) is 6.03. The van der Waals surface area contributed by atoms with Crippen molar-refractivity contribution in [3.63, 3.8) is 0 Å². The molecule has 1 aliphatic rings. The topological polar surface area (TPSA) is 38.5 Å². The Labute approximate surface area is 120 Å². The Kier molecular flexibility index (Phi) is 5.55. The standard InChI is InChI=1S/C15H24N2OS/c1-3-18-15-7-5-4-6-13(15)14(10-16)17-8-9-19-11-12(17)2/h4-7,12,14H,3,8-11,16H2,1-2H3. The molecule has 4 heteroatoms. The van der Waals surface area contributed by atoms with Crippen molar-refractivity contribution in [2.45, 2.75) is 25.9 Å². The van der Waals surface area contributed by atoms with Gasteiger partial charge in [-0.2, -0.15) is 11.8 Å². The summed E-state index contributed by atoms with van der Waals surface area (Å²) >= 11 is 2.03. The molecule has 2 N–H and O–H groups in total. The number of ether oxygens (including phenoxy) is 1. The summed E-state index contributed by atoms with van der Waals surface area (Å²) in [7, 11) is 0. The molecule has 0 aromatic heterocycles. The van der Waals surface area contributed by atoms with Crippen molar-refractivity contribution in [2.75, 3.05) is 31.2 Å². The summed E-state index contributed by atoms with van der Waals surface area (Å²) in [4.78, 5) is 2.52. The number of rotatable bonds is 5. The maximum absolute atomic E-state index is 6.06. The lowest BCUT2D eigenvalue weighted by Gasteiger charge is -2.39. The maximum Gasteiger partial charge on any atom is 0.124 e. The highest BCUT2D eigenvalue weighted by Crippen LogP contribution is 2.32. The first-order chi connectivity index (χ1) is 9.27. The highest BCUT2D eigenvalue weighted by Gasteiger charge is 2.28. The molecule has 1 fully saturated rings. The lowest BCUT2D eigenvalue weighted by Crippen LogP contribution is -2.45. The molecule has 1 saturated heterocycles. The van der Waals surface area contributed by atoms with Crippen LogP contribution in [0.1, 0.15) is 25.5 Å². The van der Waals surface area contributed by atoms with Gasteiger partial charge in [-0.3, -0.25) is 4.90 Å². The number of nitrogens with two attached hydrogens (primary N) is 1. The Morgan fingerprint density at radius 3 is 2.95 bits per heavy atom. The molecule has 0 spiro atoms. The van der Waals surface area contributed by atoms with Crippen LogP contribution in [0.25, 0.3) is 0 Å². The Morgan fingerprint density at radius 1 is 1.47 bits per heavy atom. The minimum atomic E-state index is 0.263.